The van der Waals surface area contributed by atoms with E-state index < -0.39 is 36.0 Å². The second-order valence-corrected chi connectivity index (χ2v) is 6.55. The largest absolute Gasteiger partial charge is 0.405 e. The number of amides is 2. The zero-order chi connectivity index (χ0) is 22.1. The van der Waals surface area contributed by atoms with Crippen LogP contribution in [0.15, 0.2) is 72.6 Å². The van der Waals surface area contributed by atoms with E-state index in [0.717, 1.165) is 23.4 Å². The van der Waals surface area contributed by atoms with Gasteiger partial charge in [0.1, 0.15) is 18.2 Å². The summed E-state index contributed by atoms with van der Waals surface area (Å²) in [6, 6.07) is 13.3. The molecule has 1 unspecified atom stereocenters. The molecule has 1 aliphatic carbocycles. The van der Waals surface area contributed by atoms with Crippen molar-refractivity contribution in [3.63, 3.8) is 0 Å². The number of hydrogen-bond donors (Lipinski definition) is 3. The molecule has 0 aromatic heterocycles. The van der Waals surface area contributed by atoms with Crippen LogP contribution in [0.3, 0.4) is 0 Å². The van der Waals surface area contributed by atoms with Crippen LogP contribution in [0.1, 0.15) is 23.6 Å². The average molecular weight is 414 g/mol. The molecule has 0 fully saturated rings. The van der Waals surface area contributed by atoms with Gasteiger partial charge in [0.05, 0.1) is 11.6 Å². The summed E-state index contributed by atoms with van der Waals surface area (Å²) in [4.78, 5) is 25.2. The SMILES string of the molecule is N/C=C\C(=C/N)C(=O)N(CC(N)=O)C1CCc2c(F)cc(F)cc21.c1ccccc1. The van der Waals surface area contributed by atoms with E-state index in [1.807, 2.05) is 36.4 Å². The van der Waals surface area contributed by atoms with Crippen molar-refractivity contribution < 1.29 is 18.4 Å². The number of hydrogen-bond acceptors (Lipinski definition) is 4. The van der Waals surface area contributed by atoms with E-state index in [1.165, 1.54) is 12.1 Å². The van der Waals surface area contributed by atoms with E-state index in [0.29, 0.717) is 24.0 Å². The van der Waals surface area contributed by atoms with Gasteiger partial charge in [0.2, 0.25) is 5.91 Å². The zero-order valence-electron chi connectivity index (χ0n) is 16.3. The van der Waals surface area contributed by atoms with Crippen molar-refractivity contribution in [2.75, 3.05) is 6.54 Å². The minimum absolute atomic E-state index is 0.0454. The van der Waals surface area contributed by atoms with Crippen molar-refractivity contribution in [1.82, 2.24) is 4.90 Å². The molecule has 0 spiro atoms. The highest BCUT2D eigenvalue weighted by Crippen LogP contribution is 2.38. The van der Waals surface area contributed by atoms with Crippen molar-refractivity contribution in [2.24, 2.45) is 17.2 Å². The molecule has 1 aliphatic rings. The van der Waals surface area contributed by atoms with E-state index in [1.54, 1.807) is 0 Å². The minimum Gasteiger partial charge on any atom is -0.405 e. The van der Waals surface area contributed by atoms with Crippen LogP contribution >= 0.6 is 0 Å². The Morgan fingerprint density at radius 2 is 1.67 bits per heavy atom. The van der Waals surface area contributed by atoms with Gasteiger partial charge < -0.3 is 22.1 Å². The molecular weight excluding hydrogens is 390 g/mol. The number of primary amides is 1. The first kappa shape index (κ1) is 22.6. The first-order valence-corrected chi connectivity index (χ1v) is 9.26. The number of nitrogens with zero attached hydrogens (tertiary/aromatic N) is 1. The highest BCUT2D eigenvalue weighted by Gasteiger charge is 2.34. The van der Waals surface area contributed by atoms with Gasteiger partial charge in [-0.25, -0.2) is 8.78 Å². The lowest BCUT2D eigenvalue weighted by molar-refractivity contribution is -0.134. The van der Waals surface area contributed by atoms with E-state index in [9.17, 15) is 18.4 Å². The van der Waals surface area contributed by atoms with Crippen molar-refractivity contribution in [1.29, 1.82) is 0 Å². The van der Waals surface area contributed by atoms with Crippen LogP contribution in [0.2, 0.25) is 0 Å². The molecule has 0 aliphatic heterocycles. The lowest BCUT2D eigenvalue weighted by Gasteiger charge is -2.29. The Morgan fingerprint density at radius 1 is 1.07 bits per heavy atom. The van der Waals surface area contributed by atoms with E-state index in [2.05, 4.69) is 0 Å². The third-order valence-corrected chi connectivity index (χ3v) is 4.55. The smallest absolute Gasteiger partial charge is 0.256 e. The molecule has 0 radical (unpaired) electrons. The summed E-state index contributed by atoms with van der Waals surface area (Å²) in [5.41, 5.74) is 16.6. The van der Waals surface area contributed by atoms with Crippen LogP contribution < -0.4 is 17.2 Å². The maximum Gasteiger partial charge on any atom is 0.256 e. The molecule has 0 saturated carbocycles. The molecule has 2 amide bonds. The predicted octanol–water partition coefficient (Wildman–Crippen LogP) is 2.27. The van der Waals surface area contributed by atoms with Crippen LogP contribution in [0.5, 0.6) is 0 Å². The number of fused-ring (bicyclic) bond motifs is 1. The molecule has 8 heteroatoms. The number of carbonyl (C=O) groups excluding carboxylic acids is 2. The fourth-order valence-electron chi connectivity index (χ4n) is 3.29. The summed E-state index contributed by atoms with van der Waals surface area (Å²) in [5.74, 6) is -2.77. The molecule has 2 aromatic rings. The molecule has 2 aromatic carbocycles. The van der Waals surface area contributed by atoms with Gasteiger partial charge in [-0.15, -0.1) is 0 Å². The third-order valence-electron chi connectivity index (χ3n) is 4.55. The molecule has 0 bridgehead atoms. The van der Waals surface area contributed by atoms with Crippen molar-refractivity contribution in [3.8, 4) is 0 Å². The van der Waals surface area contributed by atoms with Crippen molar-refractivity contribution in [2.45, 2.75) is 18.9 Å². The summed E-state index contributed by atoms with van der Waals surface area (Å²) >= 11 is 0. The maximum absolute atomic E-state index is 13.9. The molecule has 0 heterocycles. The Labute approximate surface area is 173 Å². The fourth-order valence-corrected chi connectivity index (χ4v) is 3.29. The summed E-state index contributed by atoms with van der Waals surface area (Å²) in [6.45, 7) is -0.406. The summed E-state index contributed by atoms with van der Waals surface area (Å²) < 4.78 is 27.5. The summed E-state index contributed by atoms with van der Waals surface area (Å²) in [6.07, 6.45) is 4.11. The van der Waals surface area contributed by atoms with Crippen LogP contribution in [-0.4, -0.2) is 23.3 Å². The monoisotopic (exact) mass is 414 g/mol. The third kappa shape index (κ3) is 5.66. The Hall–Kier alpha value is -3.68. The number of benzene rings is 2. The molecule has 6 nitrogen and oxygen atoms in total. The number of rotatable bonds is 5. The van der Waals surface area contributed by atoms with Crippen molar-refractivity contribution in [3.05, 3.63) is 95.3 Å². The van der Waals surface area contributed by atoms with Crippen LogP contribution in [0.25, 0.3) is 0 Å². The summed E-state index contributed by atoms with van der Waals surface area (Å²) in [5, 5.41) is 0. The Balaban J connectivity index is 0.000000456. The maximum atomic E-state index is 13.9. The number of carbonyl (C=O) groups is 2. The fraction of sp³-hybridized carbons (Fsp3) is 0.182. The molecule has 1 atom stereocenters. The van der Waals surface area contributed by atoms with Gasteiger partial charge in [-0.2, -0.15) is 0 Å². The van der Waals surface area contributed by atoms with Crippen LogP contribution in [0, 0.1) is 11.6 Å². The first-order chi connectivity index (χ1) is 14.4. The van der Waals surface area contributed by atoms with E-state index >= 15 is 0 Å². The van der Waals surface area contributed by atoms with E-state index in [4.69, 9.17) is 17.2 Å². The second kappa shape index (κ2) is 10.8. The van der Waals surface area contributed by atoms with Crippen LogP contribution in [-0.2, 0) is 16.0 Å². The standard InChI is InChI=1S/C16H18F2N4O2.C6H6/c17-10-5-12-11(13(18)6-10)1-2-14(12)22(8-15(21)23)16(24)9(7-20)3-4-19;1-2-4-6-5-3-1/h3-7,14H,1-2,8,19-20H2,(H2,21,23);1-6H/b4-3-,9-7+;. The lowest BCUT2D eigenvalue weighted by Crippen LogP contribution is -2.41. The molecule has 0 saturated heterocycles. The van der Waals surface area contributed by atoms with Gasteiger partial charge in [-0.05, 0) is 42.3 Å². The molecule has 6 N–H and O–H groups in total. The van der Waals surface area contributed by atoms with Crippen molar-refractivity contribution >= 4 is 11.8 Å². The quantitative estimate of drug-likeness (QED) is 0.514. The minimum atomic E-state index is -0.749. The van der Waals surface area contributed by atoms with E-state index in [-0.39, 0.29) is 5.57 Å². The van der Waals surface area contributed by atoms with Gasteiger partial charge in [-0.3, -0.25) is 9.59 Å². The molecule has 3 rings (SSSR count). The average Bonchev–Trinajstić information content (AvgIpc) is 3.15. The molecule has 158 valence electrons. The highest BCUT2D eigenvalue weighted by atomic mass is 19.1. The number of nitrogens with two attached hydrogens (primary N) is 3. The van der Waals surface area contributed by atoms with Crippen LogP contribution in [0.4, 0.5) is 8.78 Å². The van der Waals surface area contributed by atoms with Gasteiger partial charge in [0.25, 0.3) is 5.91 Å². The highest BCUT2D eigenvalue weighted by molar-refractivity contribution is 5.98. The normalized spacial score (nSPS) is 15.3. The lowest BCUT2D eigenvalue weighted by atomic mass is 10.0. The van der Waals surface area contributed by atoms with Gasteiger partial charge >= 0.3 is 0 Å². The second-order valence-electron chi connectivity index (χ2n) is 6.55. The first-order valence-electron chi connectivity index (χ1n) is 9.26. The Bertz CT molecular complexity index is 919. The Morgan fingerprint density at radius 3 is 2.17 bits per heavy atom. The van der Waals surface area contributed by atoms with Gasteiger partial charge in [0, 0.05) is 12.3 Å². The zero-order valence-corrected chi connectivity index (χ0v) is 16.3. The van der Waals surface area contributed by atoms with Gasteiger partial charge in [0.15, 0.2) is 0 Å². The molecule has 30 heavy (non-hydrogen) atoms. The van der Waals surface area contributed by atoms with Gasteiger partial charge in [-0.1, -0.05) is 36.4 Å². The topological polar surface area (TPSA) is 115 Å². The predicted molar refractivity (Wildman–Crippen MR) is 110 cm³/mol. The Kier molecular flexibility index (Phi) is 8.10. The molecular formula is C22H24F2N4O2. The number of halogens is 2. The summed E-state index contributed by atoms with van der Waals surface area (Å²) in [7, 11) is 0.